The van der Waals surface area contributed by atoms with Crippen LogP contribution in [0.4, 0.5) is 11.4 Å². The average molecular weight is 443 g/mol. The minimum atomic E-state index is -0.366. The van der Waals surface area contributed by atoms with Crippen molar-refractivity contribution in [2.24, 2.45) is 0 Å². The number of nitrogens with one attached hydrogen (secondary N) is 2. The molecule has 0 fully saturated rings. The zero-order valence-corrected chi connectivity index (χ0v) is 18.9. The number of ether oxygens (including phenoxy) is 1. The van der Waals surface area contributed by atoms with Crippen LogP contribution in [0, 0.1) is 13.8 Å². The molecule has 0 aliphatic rings. The second-order valence-corrected chi connectivity index (χ2v) is 7.82. The van der Waals surface area contributed by atoms with Crippen molar-refractivity contribution in [1.82, 2.24) is 0 Å². The van der Waals surface area contributed by atoms with Gasteiger partial charge in [0.15, 0.2) is 0 Å². The molecule has 0 aliphatic heterocycles. The molecule has 1 amide bonds. The quantitative estimate of drug-likeness (QED) is 0.360. The Labute approximate surface area is 192 Å². The molecule has 1 aromatic heterocycles. The highest BCUT2D eigenvalue weighted by molar-refractivity contribution is 6.04. The Morgan fingerprint density at radius 1 is 0.939 bits per heavy atom. The Balaban J connectivity index is 1.43. The van der Waals surface area contributed by atoms with Gasteiger partial charge in [0.05, 0.1) is 6.61 Å². The molecule has 0 unspecified atom stereocenters. The van der Waals surface area contributed by atoms with Crippen molar-refractivity contribution < 1.29 is 13.9 Å². The van der Waals surface area contributed by atoms with Gasteiger partial charge < -0.3 is 19.8 Å². The molecule has 1 heterocycles. The van der Waals surface area contributed by atoms with E-state index in [0.29, 0.717) is 30.0 Å². The predicted octanol–water partition coefficient (Wildman–Crippen LogP) is 5.67. The van der Waals surface area contributed by atoms with Crippen LogP contribution >= 0.6 is 0 Å². The van der Waals surface area contributed by atoms with E-state index < -0.39 is 0 Å². The van der Waals surface area contributed by atoms with Gasteiger partial charge in [-0.25, -0.2) is 4.79 Å². The lowest BCUT2D eigenvalue weighted by Gasteiger charge is -2.11. The van der Waals surface area contributed by atoms with Gasteiger partial charge in [0, 0.05) is 34.9 Å². The van der Waals surface area contributed by atoms with Crippen molar-refractivity contribution in [3.63, 3.8) is 0 Å². The molecule has 168 valence electrons. The summed E-state index contributed by atoms with van der Waals surface area (Å²) in [5.41, 5.74) is 5.26. The van der Waals surface area contributed by atoms with Crippen molar-refractivity contribution in [1.29, 1.82) is 0 Å². The zero-order chi connectivity index (χ0) is 23.4. The first-order valence-corrected chi connectivity index (χ1v) is 10.9. The number of amides is 1. The maximum Gasteiger partial charge on any atom is 0.336 e. The Morgan fingerprint density at radius 2 is 1.64 bits per heavy atom. The highest BCUT2D eigenvalue weighted by Crippen LogP contribution is 2.24. The van der Waals surface area contributed by atoms with E-state index in [4.69, 9.17) is 9.15 Å². The summed E-state index contributed by atoms with van der Waals surface area (Å²) < 4.78 is 10.9. The molecule has 0 bridgehead atoms. The summed E-state index contributed by atoms with van der Waals surface area (Å²) in [7, 11) is 0. The lowest BCUT2D eigenvalue weighted by molar-refractivity contribution is 0.102. The van der Waals surface area contributed by atoms with Gasteiger partial charge in [-0.3, -0.25) is 4.79 Å². The van der Waals surface area contributed by atoms with Gasteiger partial charge in [0.1, 0.15) is 11.3 Å². The molecule has 6 heteroatoms. The highest BCUT2D eigenvalue weighted by Gasteiger charge is 2.10. The molecule has 0 spiro atoms. The monoisotopic (exact) mass is 442 g/mol. The van der Waals surface area contributed by atoms with E-state index in [0.717, 1.165) is 33.5 Å². The lowest BCUT2D eigenvalue weighted by Crippen LogP contribution is -2.12. The van der Waals surface area contributed by atoms with Crippen molar-refractivity contribution in [2.75, 3.05) is 17.2 Å². The van der Waals surface area contributed by atoms with Crippen LogP contribution in [0.25, 0.3) is 11.0 Å². The number of aryl methyl sites for hydroxylation is 2. The van der Waals surface area contributed by atoms with Crippen LogP contribution in [-0.4, -0.2) is 12.5 Å². The molecular weight excluding hydrogens is 416 g/mol. The van der Waals surface area contributed by atoms with E-state index in [9.17, 15) is 9.59 Å². The number of rotatable bonds is 7. The topological polar surface area (TPSA) is 80.6 Å². The van der Waals surface area contributed by atoms with Gasteiger partial charge in [0.25, 0.3) is 5.91 Å². The van der Waals surface area contributed by atoms with Crippen LogP contribution in [-0.2, 0) is 6.54 Å². The third kappa shape index (κ3) is 5.06. The molecule has 0 atom stereocenters. The average Bonchev–Trinajstić information content (AvgIpc) is 2.82. The minimum absolute atomic E-state index is 0.191. The second kappa shape index (κ2) is 9.61. The van der Waals surface area contributed by atoms with Crippen molar-refractivity contribution in [3.8, 4) is 5.75 Å². The standard InChI is InChI=1S/C27H26N2O4/c1-4-32-23-12-10-22(11-13-23)29-27(31)19-6-8-21(9-7-19)28-16-20-15-25(30)33-26-18(3)17(2)5-14-24(20)26/h5-15,28H,4,16H2,1-3H3,(H,29,31). The summed E-state index contributed by atoms with van der Waals surface area (Å²) in [6, 6.07) is 20.0. The number of benzene rings is 3. The summed E-state index contributed by atoms with van der Waals surface area (Å²) >= 11 is 0. The van der Waals surface area contributed by atoms with Gasteiger partial charge in [-0.15, -0.1) is 0 Å². The van der Waals surface area contributed by atoms with Crippen LogP contribution in [0.15, 0.2) is 75.9 Å². The molecule has 6 nitrogen and oxygen atoms in total. The smallest absolute Gasteiger partial charge is 0.336 e. The van der Waals surface area contributed by atoms with E-state index in [1.165, 1.54) is 6.07 Å². The molecular formula is C27H26N2O4. The fraction of sp³-hybridized carbons (Fsp3) is 0.185. The predicted molar refractivity (Wildman–Crippen MR) is 131 cm³/mol. The van der Waals surface area contributed by atoms with Crippen LogP contribution in [0.3, 0.4) is 0 Å². The number of hydrogen-bond acceptors (Lipinski definition) is 5. The van der Waals surface area contributed by atoms with Crippen LogP contribution in [0.2, 0.25) is 0 Å². The van der Waals surface area contributed by atoms with Crippen LogP contribution in [0.5, 0.6) is 5.75 Å². The molecule has 4 rings (SSSR count). The Morgan fingerprint density at radius 3 is 2.33 bits per heavy atom. The normalized spacial score (nSPS) is 10.8. The van der Waals surface area contributed by atoms with E-state index in [1.54, 1.807) is 12.1 Å². The van der Waals surface area contributed by atoms with Gasteiger partial charge >= 0.3 is 5.63 Å². The highest BCUT2D eigenvalue weighted by atomic mass is 16.5. The van der Waals surface area contributed by atoms with Gasteiger partial charge in [-0.1, -0.05) is 12.1 Å². The number of hydrogen-bond donors (Lipinski definition) is 2. The van der Waals surface area contributed by atoms with E-state index in [-0.39, 0.29) is 11.5 Å². The zero-order valence-electron chi connectivity index (χ0n) is 18.9. The van der Waals surface area contributed by atoms with E-state index in [2.05, 4.69) is 10.6 Å². The third-order valence-electron chi connectivity index (χ3n) is 5.57. The number of carbonyl (C=O) groups excluding carboxylic acids is 1. The molecule has 33 heavy (non-hydrogen) atoms. The summed E-state index contributed by atoms with van der Waals surface area (Å²) in [5.74, 6) is 0.573. The molecule has 0 aliphatic carbocycles. The molecule has 4 aromatic rings. The van der Waals surface area contributed by atoms with Gasteiger partial charge in [0.2, 0.25) is 0 Å². The number of fused-ring (bicyclic) bond motifs is 1. The van der Waals surface area contributed by atoms with Crippen molar-refractivity contribution >= 4 is 28.3 Å². The molecule has 0 saturated carbocycles. The Kier molecular flexibility index (Phi) is 6.45. The molecule has 3 aromatic carbocycles. The Bertz CT molecular complexity index is 1340. The molecule has 2 N–H and O–H groups in total. The first-order chi connectivity index (χ1) is 15.9. The van der Waals surface area contributed by atoms with Crippen LogP contribution in [0.1, 0.15) is 34.0 Å². The second-order valence-electron chi connectivity index (χ2n) is 7.82. The summed E-state index contributed by atoms with van der Waals surface area (Å²) in [6.45, 7) is 6.93. The van der Waals surface area contributed by atoms with Gasteiger partial charge in [-0.2, -0.15) is 0 Å². The molecule has 0 saturated heterocycles. The first-order valence-electron chi connectivity index (χ1n) is 10.9. The Hall–Kier alpha value is -4.06. The fourth-order valence-electron chi connectivity index (χ4n) is 3.61. The van der Waals surface area contributed by atoms with E-state index >= 15 is 0 Å². The molecule has 0 radical (unpaired) electrons. The first kappa shape index (κ1) is 22.1. The SMILES string of the molecule is CCOc1ccc(NC(=O)c2ccc(NCc3cc(=O)oc4c(C)c(C)ccc34)cc2)cc1. The minimum Gasteiger partial charge on any atom is -0.494 e. The van der Waals surface area contributed by atoms with Gasteiger partial charge in [-0.05, 0) is 86.0 Å². The van der Waals surface area contributed by atoms with Crippen LogP contribution < -0.4 is 21.0 Å². The summed E-state index contributed by atoms with van der Waals surface area (Å²) in [4.78, 5) is 24.6. The maximum absolute atomic E-state index is 12.6. The lowest BCUT2D eigenvalue weighted by atomic mass is 10.0. The van der Waals surface area contributed by atoms with E-state index in [1.807, 2.05) is 69.3 Å². The number of carbonyl (C=O) groups is 1. The fourth-order valence-corrected chi connectivity index (χ4v) is 3.61. The summed E-state index contributed by atoms with van der Waals surface area (Å²) in [6.07, 6.45) is 0. The largest absolute Gasteiger partial charge is 0.494 e. The number of anilines is 2. The summed E-state index contributed by atoms with van der Waals surface area (Å²) in [5, 5.41) is 7.12. The third-order valence-corrected chi connectivity index (χ3v) is 5.57. The van der Waals surface area contributed by atoms with Crippen molar-refractivity contribution in [2.45, 2.75) is 27.3 Å². The maximum atomic E-state index is 12.6. The van der Waals surface area contributed by atoms with Crippen molar-refractivity contribution in [3.05, 3.63) is 99.4 Å².